The summed E-state index contributed by atoms with van der Waals surface area (Å²) in [6.45, 7) is 6.00. The van der Waals surface area contributed by atoms with E-state index in [1.165, 1.54) is 12.1 Å². The Morgan fingerprint density at radius 3 is 1.74 bits per heavy atom. The number of allylic oxidation sites excluding steroid dienone is 1. The van der Waals surface area contributed by atoms with Crippen LogP contribution < -0.4 is 0 Å². The average Bonchev–Trinajstić information content (AvgIpc) is 2.73. The van der Waals surface area contributed by atoms with Crippen molar-refractivity contribution >= 4 is 0 Å². The molecule has 0 heterocycles. The summed E-state index contributed by atoms with van der Waals surface area (Å²) in [6, 6.07) is 28.9. The zero-order valence-corrected chi connectivity index (χ0v) is 15.4. The van der Waals surface area contributed by atoms with Gasteiger partial charge in [0.1, 0.15) is 5.82 Å². The minimum atomic E-state index is -0.939. The maximum atomic E-state index is 13.6. The Balaban J connectivity index is 2.38. The minimum absolute atomic E-state index is 0.315. The molecule has 0 aliphatic heterocycles. The molecule has 0 amide bonds. The Morgan fingerprint density at radius 2 is 1.33 bits per heavy atom. The molecule has 3 aromatic rings. The van der Waals surface area contributed by atoms with Gasteiger partial charge in [0.2, 0.25) is 0 Å². The first-order chi connectivity index (χ1) is 13.1. The predicted molar refractivity (Wildman–Crippen MR) is 108 cm³/mol. The summed E-state index contributed by atoms with van der Waals surface area (Å²) in [5.41, 5.74) is 1.25. The summed E-state index contributed by atoms with van der Waals surface area (Å²) in [4.78, 5) is 0. The van der Waals surface area contributed by atoms with E-state index in [9.17, 15) is 9.65 Å². The molecule has 0 N–H and O–H groups in total. The number of nitriles is 1. The van der Waals surface area contributed by atoms with Crippen LogP contribution in [-0.4, -0.2) is 0 Å². The highest BCUT2D eigenvalue weighted by atomic mass is 19.1. The van der Waals surface area contributed by atoms with Crippen molar-refractivity contribution in [1.82, 2.24) is 0 Å². The van der Waals surface area contributed by atoms with Crippen LogP contribution in [0.25, 0.3) is 0 Å². The molecule has 134 valence electrons. The first kappa shape index (κ1) is 18.6. The fourth-order valence-corrected chi connectivity index (χ4v) is 3.99. The second-order valence-electron chi connectivity index (χ2n) is 6.87. The van der Waals surface area contributed by atoms with Crippen LogP contribution in [-0.2, 0) is 10.8 Å². The molecule has 0 fully saturated rings. The number of hydrogen-bond acceptors (Lipinski definition) is 1. The lowest BCUT2D eigenvalue weighted by atomic mass is 9.54. The molecule has 0 radical (unpaired) electrons. The Labute approximate surface area is 160 Å². The molecule has 0 aromatic heterocycles. The molecule has 1 unspecified atom stereocenters. The van der Waals surface area contributed by atoms with Crippen molar-refractivity contribution in [2.24, 2.45) is 0 Å². The summed E-state index contributed by atoms with van der Waals surface area (Å²) in [7, 11) is 0. The van der Waals surface area contributed by atoms with Crippen LogP contribution >= 0.6 is 0 Å². The maximum Gasteiger partial charge on any atom is 0.123 e. The van der Waals surface area contributed by atoms with Crippen molar-refractivity contribution in [2.75, 3.05) is 0 Å². The van der Waals surface area contributed by atoms with Crippen molar-refractivity contribution < 1.29 is 4.39 Å². The highest BCUT2D eigenvalue weighted by Crippen LogP contribution is 2.50. The van der Waals surface area contributed by atoms with Crippen molar-refractivity contribution in [3.05, 3.63) is 120 Å². The molecule has 3 aromatic carbocycles. The van der Waals surface area contributed by atoms with Gasteiger partial charge in [-0.1, -0.05) is 78.9 Å². The molecule has 0 aliphatic carbocycles. The lowest BCUT2D eigenvalue weighted by Gasteiger charge is -2.45. The first-order valence-corrected chi connectivity index (χ1v) is 8.98. The predicted octanol–water partition coefficient (Wildman–Crippen LogP) is 6.17. The molecular formula is C25H22FN. The average molecular weight is 355 g/mol. The smallest absolute Gasteiger partial charge is 0.123 e. The topological polar surface area (TPSA) is 23.8 Å². The molecular weight excluding hydrogens is 333 g/mol. The standard InChI is InChI=1S/C25H22FN/c1-3-18-25(19-27,22-14-16-23(26)17-15-22)24(2,20-10-6-4-7-11-20)21-12-8-5-9-13-21/h3-17H,1,18H2,2H3. The summed E-state index contributed by atoms with van der Waals surface area (Å²) in [5, 5.41) is 10.5. The molecule has 27 heavy (non-hydrogen) atoms. The van der Waals surface area contributed by atoms with E-state index in [-0.39, 0.29) is 5.82 Å². The van der Waals surface area contributed by atoms with Crippen LogP contribution in [0.4, 0.5) is 4.39 Å². The Kier molecular flexibility index (Phi) is 5.23. The Bertz CT molecular complexity index is 900. The van der Waals surface area contributed by atoms with Crippen LogP contribution in [0.15, 0.2) is 97.6 Å². The van der Waals surface area contributed by atoms with Gasteiger partial charge in [-0.15, -0.1) is 6.58 Å². The molecule has 0 saturated carbocycles. The van der Waals surface area contributed by atoms with Gasteiger partial charge in [-0.25, -0.2) is 4.39 Å². The quantitative estimate of drug-likeness (QED) is 0.485. The number of hydrogen-bond donors (Lipinski definition) is 0. The fraction of sp³-hybridized carbons (Fsp3) is 0.160. The summed E-state index contributed by atoms with van der Waals surface area (Å²) in [5.74, 6) is -0.315. The van der Waals surface area contributed by atoms with Gasteiger partial charge in [-0.3, -0.25) is 0 Å². The van der Waals surface area contributed by atoms with Gasteiger partial charge >= 0.3 is 0 Å². The number of benzene rings is 3. The number of nitrogens with zero attached hydrogens (tertiary/aromatic N) is 1. The van der Waals surface area contributed by atoms with Gasteiger partial charge in [0, 0.05) is 5.41 Å². The lowest BCUT2D eigenvalue weighted by molar-refractivity contribution is 0.355. The van der Waals surface area contributed by atoms with Crippen LogP contribution in [0.3, 0.4) is 0 Å². The third-order valence-corrected chi connectivity index (χ3v) is 5.53. The largest absolute Gasteiger partial charge is 0.207 e. The molecule has 0 spiro atoms. The van der Waals surface area contributed by atoms with Crippen LogP contribution in [0.1, 0.15) is 30.0 Å². The summed E-state index contributed by atoms with van der Waals surface area (Å²) < 4.78 is 13.6. The number of rotatable bonds is 6. The molecule has 1 atom stereocenters. The first-order valence-electron chi connectivity index (χ1n) is 8.98. The lowest BCUT2D eigenvalue weighted by Crippen LogP contribution is -2.47. The zero-order valence-electron chi connectivity index (χ0n) is 15.4. The normalized spacial score (nSPS) is 13.4. The third-order valence-electron chi connectivity index (χ3n) is 5.53. The van der Waals surface area contributed by atoms with Gasteiger partial charge in [0.05, 0.1) is 11.5 Å². The second kappa shape index (κ2) is 7.60. The van der Waals surface area contributed by atoms with E-state index in [1.54, 1.807) is 18.2 Å². The maximum absolute atomic E-state index is 13.6. The molecule has 1 nitrogen and oxygen atoms in total. The summed E-state index contributed by atoms with van der Waals surface area (Å²) >= 11 is 0. The van der Waals surface area contributed by atoms with E-state index in [0.29, 0.717) is 6.42 Å². The van der Waals surface area contributed by atoms with Gasteiger partial charge in [0.25, 0.3) is 0 Å². The molecule has 0 bridgehead atoms. The summed E-state index contributed by atoms with van der Waals surface area (Å²) in [6.07, 6.45) is 2.21. The van der Waals surface area contributed by atoms with Gasteiger partial charge in [0.15, 0.2) is 0 Å². The van der Waals surface area contributed by atoms with Crippen molar-refractivity contribution in [3.63, 3.8) is 0 Å². The van der Waals surface area contributed by atoms with Crippen LogP contribution in [0.5, 0.6) is 0 Å². The van der Waals surface area contributed by atoms with Crippen LogP contribution in [0.2, 0.25) is 0 Å². The SMILES string of the molecule is C=CCC(C#N)(c1ccc(F)cc1)C(C)(c1ccccc1)c1ccccc1. The monoisotopic (exact) mass is 355 g/mol. The van der Waals surface area contributed by atoms with Crippen molar-refractivity contribution in [1.29, 1.82) is 5.26 Å². The number of halogens is 1. The van der Waals surface area contributed by atoms with Crippen molar-refractivity contribution in [3.8, 4) is 6.07 Å². The fourth-order valence-electron chi connectivity index (χ4n) is 3.99. The van der Waals surface area contributed by atoms with E-state index >= 15 is 0 Å². The second-order valence-corrected chi connectivity index (χ2v) is 6.87. The van der Waals surface area contributed by atoms with E-state index in [1.807, 2.05) is 60.7 Å². The van der Waals surface area contributed by atoms with Gasteiger partial charge in [-0.05, 0) is 42.2 Å². The molecule has 2 heteroatoms. The Hall–Kier alpha value is -3.18. The minimum Gasteiger partial charge on any atom is -0.207 e. The van der Waals surface area contributed by atoms with E-state index < -0.39 is 10.8 Å². The van der Waals surface area contributed by atoms with E-state index in [4.69, 9.17) is 0 Å². The molecule has 3 rings (SSSR count). The third kappa shape index (κ3) is 3.06. The van der Waals surface area contributed by atoms with Gasteiger partial charge < -0.3 is 0 Å². The zero-order chi connectivity index (χ0) is 19.3. The van der Waals surface area contributed by atoms with E-state index in [0.717, 1.165) is 16.7 Å². The van der Waals surface area contributed by atoms with E-state index in [2.05, 4.69) is 19.6 Å². The van der Waals surface area contributed by atoms with Crippen LogP contribution in [0, 0.1) is 17.1 Å². The van der Waals surface area contributed by atoms with Crippen molar-refractivity contribution in [2.45, 2.75) is 24.2 Å². The molecule has 0 saturated heterocycles. The Morgan fingerprint density at radius 1 is 0.852 bits per heavy atom. The molecule has 0 aliphatic rings. The highest BCUT2D eigenvalue weighted by Gasteiger charge is 2.51. The van der Waals surface area contributed by atoms with Gasteiger partial charge in [-0.2, -0.15) is 5.26 Å². The highest BCUT2D eigenvalue weighted by molar-refractivity contribution is 5.52.